The molecule has 0 bridgehead atoms. The van der Waals surface area contributed by atoms with Crippen LogP contribution in [0.5, 0.6) is 0 Å². The van der Waals surface area contributed by atoms with Crippen LogP contribution in [0.25, 0.3) is 0 Å². The summed E-state index contributed by atoms with van der Waals surface area (Å²) in [6, 6.07) is 15.5. The summed E-state index contributed by atoms with van der Waals surface area (Å²) in [6.45, 7) is 1.36. The zero-order valence-corrected chi connectivity index (χ0v) is 12.0. The van der Waals surface area contributed by atoms with Gasteiger partial charge in [-0.25, -0.2) is 0 Å². The molecule has 0 spiro atoms. The van der Waals surface area contributed by atoms with Gasteiger partial charge in [-0.2, -0.15) is 0 Å². The van der Waals surface area contributed by atoms with Gasteiger partial charge in [0.1, 0.15) is 12.2 Å². The summed E-state index contributed by atoms with van der Waals surface area (Å²) in [4.78, 5) is 29.6. The van der Waals surface area contributed by atoms with Crippen LogP contribution in [-0.4, -0.2) is 28.6 Å². The number of hydrogen-bond acceptors (Lipinski definition) is 4. The molecule has 2 aromatic rings. The van der Waals surface area contributed by atoms with E-state index in [1.165, 1.54) is 0 Å². The van der Waals surface area contributed by atoms with E-state index in [-0.39, 0.29) is 6.61 Å². The number of amides is 2. The van der Waals surface area contributed by atoms with Gasteiger partial charge in [0.25, 0.3) is 11.8 Å². The number of benzene rings is 2. The van der Waals surface area contributed by atoms with Crippen molar-refractivity contribution in [3.63, 3.8) is 0 Å². The predicted molar refractivity (Wildman–Crippen MR) is 78.9 cm³/mol. The number of rotatable bonds is 4. The van der Waals surface area contributed by atoms with Gasteiger partial charge in [-0.3, -0.25) is 14.4 Å². The Hall–Kier alpha value is -2.50. The topological polar surface area (TPSA) is 66.8 Å². The third-order valence-electron chi connectivity index (χ3n) is 3.63. The zero-order chi connectivity index (χ0) is 15.7. The quantitative estimate of drug-likeness (QED) is 0.878. The number of imide groups is 1. The molecule has 2 amide bonds. The average Bonchev–Trinajstić information content (AvgIpc) is 2.78. The van der Waals surface area contributed by atoms with Crippen molar-refractivity contribution >= 4 is 11.8 Å². The van der Waals surface area contributed by atoms with Crippen molar-refractivity contribution in [1.82, 2.24) is 5.06 Å². The standard InChI is InChI=1S/C17H15NO4/c1-17(21,12-7-3-2-4-8-12)11-22-18-15(19)13-9-5-6-10-14(13)16(18)20/h2-10,21H,11H2,1H3. The number of nitrogens with zero attached hydrogens (tertiary/aromatic N) is 1. The second kappa shape index (κ2) is 5.36. The lowest BCUT2D eigenvalue weighted by Gasteiger charge is -2.25. The van der Waals surface area contributed by atoms with Crippen molar-refractivity contribution in [2.75, 3.05) is 6.61 Å². The van der Waals surface area contributed by atoms with Gasteiger partial charge in [0.05, 0.1) is 11.1 Å². The van der Waals surface area contributed by atoms with Gasteiger partial charge in [-0.15, -0.1) is 5.06 Å². The molecular weight excluding hydrogens is 282 g/mol. The Morgan fingerprint density at radius 3 is 2.00 bits per heavy atom. The van der Waals surface area contributed by atoms with Crippen LogP contribution in [0.4, 0.5) is 0 Å². The molecule has 112 valence electrons. The van der Waals surface area contributed by atoms with E-state index in [9.17, 15) is 14.7 Å². The van der Waals surface area contributed by atoms with Gasteiger partial charge < -0.3 is 5.11 Å². The highest BCUT2D eigenvalue weighted by molar-refractivity contribution is 6.20. The average molecular weight is 297 g/mol. The Labute approximate surface area is 127 Å². The molecule has 5 heteroatoms. The Morgan fingerprint density at radius 1 is 0.955 bits per heavy atom. The predicted octanol–water partition coefficient (Wildman–Crippen LogP) is 2.12. The van der Waals surface area contributed by atoms with Crippen molar-refractivity contribution in [1.29, 1.82) is 0 Å². The fourth-order valence-corrected chi connectivity index (χ4v) is 2.36. The lowest BCUT2D eigenvalue weighted by atomic mass is 9.97. The number of hydrogen-bond donors (Lipinski definition) is 1. The second-order valence-corrected chi connectivity index (χ2v) is 5.36. The largest absolute Gasteiger partial charge is 0.383 e. The molecule has 0 saturated heterocycles. The first-order valence-corrected chi connectivity index (χ1v) is 6.89. The first-order chi connectivity index (χ1) is 10.5. The SMILES string of the molecule is CC(O)(CON1C(=O)c2ccccc2C1=O)c1ccccc1. The summed E-state index contributed by atoms with van der Waals surface area (Å²) in [5.74, 6) is -1.02. The molecule has 1 atom stereocenters. The highest BCUT2D eigenvalue weighted by Crippen LogP contribution is 2.25. The van der Waals surface area contributed by atoms with E-state index in [0.29, 0.717) is 21.8 Å². The van der Waals surface area contributed by atoms with Crippen molar-refractivity contribution in [2.45, 2.75) is 12.5 Å². The van der Waals surface area contributed by atoms with E-state index >= 15 is 0 Å². The minimum Gasteiger partial charge on any atom is -0.383 e. The third kappa shape index (κ3) is 2.41. The summed E-state index contributed by atoms with van der Waals surface area (Å²) < 4.78 is 0. The highest BCUT2D eigenvalue weighted by atomic mass is 16.7. The van der Waals surface area contributed by atoms with E-state index in [2.05, 4.69) is 0 Å². The van der Waals surface area contributed by atoms with Crippen molar-refractivity contribution < 1.29 is 19.5 Å². The van der Waals surface area contributed by atoms with Crippen LogP contribution in [0.2, 0.25) is 0 Å². The zero-order valence-electron chi connectivity index (χ0n) is 12.0. The molecule has 0 radical (unpaired) electrons. The number of hydroxylamine groups is 2. The first-order valence-electron chi connectivity index (χ1n) is 6.89. The van der Waals surface area contributed by atoms with Crippen LogP contribution >= 0.6 is 0 Å². The van der Waals surface area contributed by atoms with Crippen LogP contribution < -0.4 is 0 Å². The molecule has 0 saturated carbocycles. The number of fused-ring (bicyclic) bond motifs is 1. The number of carbonyl (C=O) groups excluding carboxylic acids is 2. The Bertz CT molecular complexity index is 689. The molecule has 5 nitrogen and oxygen atoms in total. The maximum absolute atomic E-state index is 12.2. The third-order valence-corrected chi connectivity index (χ3v) is 3.63. The summed E-state index contributed by atoms with van der Waals surface area (Å²) in [5.41, 5.74) is -0.0401. The van der Waals surface area contributed by atoms with Gasteiger partial charge >= 0.3 is 0 Å². The maximum atomic E-state index is 12.2. The molecule has 0 fully saturated rings. The fraction of sp³-hybridized carbons (Fsp3) is 0.176. The van der Waals surface area contributed by atoms with Crippen molar-refractivity contribution in [3.05, 3.63) is 71.3 Å². The van der Waals surface area contributed by atoms with Crippen LogP contribution in [-0.2, 0) is 10.4 Å². The van der Waals surface area contributed by atoms with Gasteiger partial charge in [-0.05, 0) is 24.6 Å². The van der Waals surface area contributed by atoms with Gasteiger partial charge in [0, 0.05) is 0 Å². The molecule has 3 rings (SSSR count). The van der Waals surface area contributed by atoms with E-state index in [0.717, 1.165) is 0 Å². The van der Waals surface area contributed by atoms with Gasteiger partial charge in [0.2, 0.25) is 0 Å². The Balaban J connectivity index is 1.76. The summed E-state index contributed by atoms with van der Waals surface area (Å²) in [7, 11) is 0. The van der Waals surface area contributed by atoms with Gasteiger partial charge in [0.15, 0.2) is 0 Å². The molecule has 22 heavy (non-hydrogen) atoms. The molecule has 1 aliphatic rings. The Kier molecular flexibility index (Phi) is 3.52. The van der Waals surface area contributed by atoms with Crippen molar-refractivity contribution in [3.8, 4) is 0 Å². The molecule has 1 N–H and O–H groups in total. The van der Waals surface area contributed by atoms with Crippen LogP contribution in [0.3, 0.4) is 0 Å². The molecule has 2 aromatic carbocycles. The molecule has 1 aliphatic heterocycles. The fourth-order valence-electron chi connectivity index (χ4n) is 2.36. The minimum absolute atomic E-state index is 0.206. The lowest BCUT2D eigenvalue weighted by molar-refractivity contribution is -0.144. The normalized spacial score (nSPS) is 16.5. The maximum Gasteiger partial charge on any atom is 0.285 e. The van der Waals surface area contributed by atoms with E-state index in [1.54, 1.807) is 55.5 Å². The molecule has 0 aliphatic carbocycles. The molecular formula is C17H15NO4. The summed E-state index contributed by atoms with van der Waals surface area (Å²) in [6.07, 6.45) is 0. The number of aliphatic hydroxyl groups is 1. The smallest absolute Gasteiger partial charge is 0.285 e. The number of carbonyl (C=O) groups is 2. The highest BCUT2D eigenvalue weighted by Gasteiger charge is 2.38. The summed E-state index contributed by atoms with van der Waals surface area (Å²) in [5, 5.41) is 11.2. The van der Waals surface area contributed by atoms with Crippen LogP contribution in [0.1, 0.15) is 33.2 Å². The van der Waals surface area contributed by atoms with Crippen molar-refractivity contribution in [2.24, 2.45) is 0 Å². The Morgan fingerprint density at radius 2 is 1.45 bits per heavy atom. The summed E-state index contributed by atoms with van der Waals surface area (Å²) >= 11 is 0. The van der Waals surface area contributed by atoms with Gasteiger partial charge in [-0.1, -0.05) is 42.5 Å². The van der Waals surface area contributed by atoms with E-state index < -0.39 is 17.4 Å². The second-order valence-electron chi connectivity index (χ2n) is 5.36. The van der Waals surface area contributed by atoms with E-state index in [4.69, 9.17) is 4.84 Å². The van der Waals surface area contributed by atoms with E-state index in [1.807, 2.05) is 6.07 Å². The first kappa shape index (κ1) is 14.4. The molecule has 1 unspecified atom stereocenters. The lowest BCUT2D eigenvalue weighted by Crippen LogP contribution is -2.37. The monoisotopic (exact) mass is 297 g/mol. The molecule has 1 heterocycles. The minimum atomic E-state index is -1.31. The van der Waals surface area contributed by atoms with Crippen LogP contribution in [0.15, 0.2) is 54.6 Å². The van der Waals surface area contributed by atoms with Crippen LogP contribution in [0, 0.1) is 0 Å². The molecule has 0 aromatic heterocycles.